The van der Waals surface area contributed by atoms with Crippen molar-refractivity contribution in [1.82, 2.24) is 4.98 Å². The van der Waals surface area contributed by atoms with Crippen LogP contribution in [-0.4, -0.2) is 24.3 Å². The number of hydrazone groups is 1. The quantitative estimate of drug-likeness (QED) is 0.258. The van der Waals surface area contributed by atoms with Gasteiger partial charge in [-0.05, 0) is 42.0 Å². The van der Waals surface area contributed by atoms with Crippen molar-refractivity contribution < 1.29 is 14.3 Å². The highest BCUT2D eigenvalue weighted by atomic mass is 35.5. The van der Waals surface area contributed by atoms with E-state index in [1.165, 1.54) is 30.6 Å². The number of carbonyl (C=O) groups is 1. The predicted molar refractivity (Wildman–Crippen MR) is 108 cm³/mol. The lowest BCUT2D eigenvalue weighted by Gasteiger charge is -2.10. The van der Waals surface area contributed by atoms with Crippen molar-refractivity contribution in [2.45, 2.75) is 0 Å². The highest BCUT2D eigenvalue weighted by Crippen LogP contribution is 2.30. The first-order valence-electron chi connectivity index (χ1n) is 7.60. The minimum Gasteiger partial charge on any atom is -0.493 e. The van der Waals surface area contributed by atoms with Crippen LogP contribution in [-0.2, 0) is 0 Å². The van der Waals surface area contributed by atoms with Crippen molar-refractivity contribution in [2.75, 3.05) is 12.5 Å². The number of rotatable bonds is 6. The molecule has 0 radical (unpaired) electrons. The van der Waals surface area contributed by atoms with Gasteiger partial charge in [0.1, 0.15) is 0 Å². The molecule has 2 aromatic carbocycles. The van der Waals surface area contributed by atoms with Gasteiger partial charge >= 0.3 is 5.97 Å². The molecule has 9 heteroatoms. The molecule has 27 heavy (non-hydrogen) atoms. The molecule has 1 heterocycles. The number of ether oxygens (including phenoxy) is 2. The number of carbonyl (C=O) groups excluding carboxylic acids is 1. The molecular weight excluding hydrogens is 409 g/mol. The molecule has 1 N–H and O–H groups in total. The molecule has 3 aromatic rings. The van der Waals surface area contributed by atoms with Crippen molar-refractivity contribution in [3.63, 3.8) is 0 Å². The van der Waals surface area contributed by atoms with Gasteiger partial charge in [-0.3, -0.25) is 5.43 Å². The number of benzene rings is 2. The van der Waals surface area contributed by atoms with Crippen molar-refractivity contribution in [1.29, 1.82) is 0 Å². The molecule has 0 aliphatic rings. The third-order valence-electron chi connectivity index (χ3n) is 3.35. The van der Waals surface area contributed by atoms with E-state index in [4.69, 9.17) is 32.7 Å². The summed E-state index contributed by atoms with van der Waals surface area (Å²) in [5, 5.41) is 7.27. The van der Waals surface area contributed by atoms with Crippen LogP contribution in [0.1, 0.15) is 15.9 Å². The third-order valence-corrected chi connectivity index (χ3v) is 4.57. The average molecular weight is 422 g/mol. The number of aromatic nitrogens is 1. The Bertz CT molecular complexity index is 978. The maximum absolute atomic E-state index is 12.4. The molecule has 0 spiro atoms. The molecule has 0 bridgehead atoms. The van der Waals surface area contributed by atoms with E-state index in [2.05, 4.69) is 15.5 Å². The van der Waals surface area contributed by atoms with Gasteiger partial charge in [-0.25, -0.2) is 9.78 Å². The lowest BCUT2D eigenvalue weighted by Crippen LogP contribution is -2.10. The van der Waals surface area contributed by atoms with E-state index in [1.54, 1.807) is 36.7 Å². The van der Waals surface area contributed by atoms with E-state index in [0.29, 0.717) is 15.9 Å². The van der Waals surface area contributed by atoms with Crippen LogP contribution in [0.4, 0.5) is 5.13 Å². The average Bonchev–Trinajstić information content (AvgIpc) is 3.16. The largest absolute Gasteiger partial charge is 0.493 e. The number of hydrogen-bond acceptors (Lipinski definition) is 7. The maximum atomic E-state index is 12.4. The third kappa shape index (κ3) is 4.97. The predicted octanol–water partition coefficient (Wildman–Crippen LogP) is 5.12. The Kier molecular flexibility index (Phi) is 6.28. The Balaban J connectivity index is 1.74. The molecule has 1 aromatic heterocycles. The van der Waals surface area contributed by atoms with Gasteiger partial charge in [0.05, 0.1) is 23.9 Å². The van der Waals surface area contributed by atoms with Gasteiger partial charge in [0, 0.05) is 16.6 Å². The van der Waals surface area contributed by atoms with E-state index in [0.717, 1.165) is 5.56 Å². The molecule has 3 rings (SSSR count). The first kappa shape index (κ1) is 19.2. The number of halogens is 2. The zero-order valence-corrected chi connectivity index (χ0v) is 16.3. The van der Waals surface area contributed by atoms with Crippen LogP contribution >= 0.6 is 34.5 Å². The van der Waals surface area contributed by atoms with E-state index in [1.807, 2.05) is 5.38 Å². The fourth-order valence-corrected chi connectivity index (χ4v) is 3.06. The first-order chi connectivity index (χ1) is 13.1. The Hall–Kier alpha value is -2.61. The van der Waals surface area contributed by atoms with Crippen LogP contribution in [0.5, 0.6) is 11.5 Å². The number of nitrogens with zero attached hydrogens (tertiary/aromatic N) is 2. The summed E-state index contributed by atoms with van der Waals surface area (Å²) >= 11 is 13.3. The lowest BCUT2D eigenvalue weighted by atomic mass is 10.2. The van der Waals surface area contributed by atoms with Crippen molar-refractivity contribution in [3.05, 3.63) is 69.1 Å². The lowest BCUT2D eigenvalue weighted by molar-refractivity contribution is 0.0730. The number of methoxy groups -OCH3 is 1. The summed E-state index contributed by atoms with van der Waals surface area (Å²) in [6.07, 6.45) is 3.28. The zero-order chi connectivity index (χ0) is 19.2. The number of nitrogens with one attached hydrogen (secondary N) is 1. The topological polar surface area (TPSA) is 72.8 Å². The van der Waals surface area contributed by atoms with Gasteiger partial charge in [-0.15, -0.1) is 11.3 Å². The molecule has 0 amide bonds. The Morgan fingerprint density at radius 3 is 2.78 bits per heavy atom. The van der Waals surface area contributed by atoms with E-state index in [9.17, 15) is 4.79 Å². The molecule has 0 aliphatic carbocycles. The summed E-state index contributed by atoms with van der Waals surface area (Å²) in [6.45, 7) is 0. The van der Waals surface area contributed by atoms with Crippen LogP contribution < -0.4 is 14.9 Å². The molecule has 0 saturated carbocycles. The molecule has 0 unspecified atom stereocenters. The first-order valence-corrected chi connectivity index (χ1v) is 9.24. The van der Waals surface area contributed by atoms with Gasteiger partial charge in [0.2, 0.25) is 5.13 Å². The molecule has 0 saturated heterocycles. The van der Waals surface area contributed by atoms with E-state index < -0.39 is 5.97 Å². The van der Waals surface area contributed by atoms with Crippen molar-refractivity contribution >= 4 is 51.9 Å². The smallest absolute Gasteiger partial charge is 0.345 e. The summed E-state index contributed by atoms with van der Waals surface area (Å²) in [5.74, 6) is 0.0343. The van der Waals surface area contributed by atoms with Gasteiger partial charge in [0.15, 0.2) is 11.5 Å². The summed E-state index contributed by atoms with van der Waals surface area (Å²) < 4.78 is 10.7. The highest BCUT2D eigenvalue weighted by molar-refractivity contribution is 7.13. The standard InChI is InChI=1S/C18H13Cl2N3O3S/c1-25-16-8-11(10-22-23-18-21-6-7-27-18)2-5-15(16)26-17(24)13-4-3-12(19)9-14(13)20/h2-10H,1H3,(H,21,23)/b22-10+. The highest BCUT2D eigenvalue weighted by Gasteiger charge is 2.16. The zero-order valence-electron chi connectivity index (χ0n) is 14.0. The van der Waals surface area contributed by atoms with Crippen LogP contribution in [0.15, 0.2) is 53.1 Å². The second kappa shape index (κ2) is 8.85. The van der Waals surface area contributed by atoms with Gasteiger partial charge in [0.25, 0.3) is 0 Å². The monoisotopic (exact) mass is 421 g/mol. The molecule has 0 aliphatic heterocycles. The van der Waals surface area contributed by atoms with E-state index in [-0.39, 0.29) is 16.3 Å². The molecular formula is C18H13Cl2N3O3S. The van der Waals surface area contributed by atoms with Gasteiger partial charge in [-0.2, -0.15) is 5.10 Å². The summed E-state index contributed by atoms with van der Waals surface area (Å²) in [4.78, 5) is 16.4. The maximum Gasteiger partial charge on any atom is 0.345 e. The van der Waals surface area contributed by atoms with E-state index >= 15 is 0 Å². The normalized spacial score (nSPS) is 10.8. The number of anilines is 1. The van der Waals surface area contributed by atoms with Crippen molar-refractivity contribution in [3.8, 4) is 11.5 Å². The molecule has 6 nitrogen and oxygen atoms in total. The summed E-state index contributed by atoms with van der Waals surface area (Å²) in [6, 6.07) is 9.60. The van der Waals surface area contributed by atoms with Crippen molar-refractivity contribution in [2.24, 2.45) is 5.10 Å². The minimum atomic E-state index is -0.609. The van der Waals surface area contributed by atoms with Crippen LogP contribution in [0.3, 0.4) is 0 Å². The van der Waals surface area contributed by atoms with Crippen LogP contribution in [0.25, 0.3) is 0 Å². The summed E-state index contributed by atoms with van der Waals surface area (Å²) in [5.41, 5.74) is 3.77. The fourth-order valence-electron chi connectivity index (χ4n) is 2.10. The molecule has 138 valence electrons. The Labute approximate surface area is 169 Å². The van der Waals surface area contributed by atoms with Gasteiger partial charge < -0.3 is 9.47 Å². The second-order valence-corrected chi connectivity index (χ2v) is 6.87. The van der Waals surface area contributed by atoms with Crippen LogP contribution in [0, 0.1) is 0 Å². The minimum absolute atomic E-state index is 0.210. The Morgan fingerprint density at radius 2 is 2.07 bits per heavy atom. The molecule has 0 fully saturated rings. The number of thiazole rings is 1. The SMILES string of the molecule is COc1cc(/C=N/Nc2nccs2)ccc1OC(=O)c1ccc(Cl)cc1Cl. The molecule has 0 atom stereocenters. The second-order valence-electron chi connectivity index (χ2n) is 5.13. The number of hydrogen-bond donors (Lipinski definition) is 1. The van der Waals surface area contributed by atoms with Gasteiger partial charge in [-0.1, -0.05) is 23.2 Å². The fraction of sp³-hybridized carbons (Fsp3) is 0.0556. The number of esters is 1. The Morgan fingerprint density at radius 1 is 1.22 bits per heavy atom. The summed E-state index contributed by atoms with van der Waals surface area (Å²) in [7, 11) is 1.48. The van der Waals surface area contributed by atoms with Crippen LogP contribution in [0.2, 0.25) is 10.0 Å².